The molecule has 2 fully saturated rings. The highest BCUT2D eigenvalue weighted by Crippen LogP contribution is 2.39. The number of methoxy groups -OCH3 is 1. The Balaban J connectivity index is 1.55. The molecule has 0 radical (unpaired) electrons. The van der Waals surface area contributed by atoms with Crippen molar-refractivity contribution < 1.29 is 43.9 Å². The summed E-state index contributed by atoms with van der Waals surface area (Å²) in [7, 11) is 1.72. The Morgan fingerprint density at radius 1 is 1.15 bits per heavy atom. The van der Waals surface area contributed by atoms with Crippen LogP contribution in [0.2, 0.25) is 0 Å². The van der Waals surface area contributed by atoms with Crippen molar-refractivity contribution >= 4 is 17.6 Å². The molecule has 2 saturated heterocycles. The van der Waals surface area contributed by atoms with E-state index >= 15 is 0 Å². The third-order valence-electron chi connectivity index (χ3n) is 11.4. The predicted octanol–water partition coefficient (Wildman–Crippen LogP) is 5.55. The molecule has 0 saturated carbocycles. The number of carbonyl (C=O) groups is 2. The third kappa shape index (κ3) is 12.2. The minimum absolute atomic E-state index is 0.0373. The van der Waals surface area contributed by atoms with Gasteiger partial charge in [-0.3, -0.25) is 9.59 Å². The second-order valence-electron chi connectivity index (χ2n) is 16.1. The lowest BCUT2D eigenvalue weighted by Gasteiger charge is -2.32. The number of epoxide rings is 1. The number of hydrogen-bond acceptors (Lipinski definition) is 11. The molecule has 0 bridgehead atoms. The SMILES string of the molecule is CC[C@H](OC)[C@@H](C)[C@H]1O[C@@H]1C(NCc1ccc(N2CCCCC2)cc1)C(C)(O)/C=C/C=C(\C)[C@@H]1OC(=O)C[C@H](O)CC[C@@](C)(O)[C@@H](OC(C)=O)/C=C/[C@@H]1C. The standard InChI is InChI=1S/C43H66N2O9/c1-9-35(51-8)30(4)39-40(54-39)41(44-27-32-16-18-33(19-17-32)45-24-11-10-12-25-45)43(7,50)22-13-14-28(2)38-29(3)15-20-36(52-31(5)46)42(6,49)23-21-34(47)26-37(48)53-38/h13-20,22,29-30,34-36,38-41,44,47,49-50H,9-12,21,23-27H2,1-8H3/b20-15+,22-13+,28-14+/t29-,30+,34+,35-,36-,38-,39+,40-,41?,42+,43?/m0/s1. The lowest BCUT2D eigenvalue weighted by molar-refractivity contribution is -0.157. The van der Waals surface area contributed by atoms with Gasteiger partial charge in [0, 0.05) is 51.2 Å². The van der Waals surface area contributed by atoms with Crippen LogP contribution in [-0.4, -0.2) is 101 Å². The first-order valence-corrected chi connectivity index (χ1v) is 19.9. The van der Waals surface area contributed by atoms with Crippen molar-refractivity contribution in [3.8, 4) is 0 Å². The van der Waals surface area contributed by atoms with E-state index in [1.54, 1.807) is 51.3 Å². The van der Waals surface area contributed by atoms with E-state index in [-0.39, 0.29) is 49.4 Å². The molecule has 0 spiro atoms. The fraction of sp³-hybridized carbons (Fsp3) is 0.674. The molecule has 11 nitrogen and oxygen atoms in total. The summed E-state index contributed by atoms with van der Waals surface area (Å²) in [5.41, 5.74) is 0.262. The molecule has 0 amide bonds. The minimum Gasteiger partial charge on any atom is -0.457 e. The highest BCUT2D eigenvalue weighted by Gasteiger charge is 2.54. The van der Waals surface area contributed by atoms with Crippen molar-refractivity contribution in [2.24, 2.45) is 11.8 Å². The van der Waals surface area contributed by atoms with Crippen molar-refractivity contribution in [2.45, 2.75) is 154 Å². The van der Waals surface area contributed by atoms with Crippen LogP contribution in [0.3, 0.4) is 0 Å². The number of piperidine rings is 1. The predicted molar refractivity (Wildman–Crippen MR) is 210 cm³/mol. The molecule has 1 aromatic carbocycles. The van der Waals surface area contributed by atoms with E-state index in [0.29, 0.717) is 12.1 Å². The molecule has 11 heteroatoms. The summed E-state index contributed by atoms with van der Waals surface area (Å²) in [5, 5.41) is 37.4. The maximum Gasteiger partial charge on any atom is 0.309 e. The molecule has 0 aliphatic carbocycles. The van der Waals surface area contributed by atoms with Crippen LogP contribution in [0.4, 0.5) is 5.69 Å². The van der Waals surface area contributed by atoms with Crippen LogP contribution < -0.4 is 10.2 Å². The number of anilines is 1. The largest absolute Gasteiger partial charge is 0.457 e. The number of rotatable bonds is 14. The van der Waals surface area contributed by atoms with Gasteiger partial charge in [0.1, 0.15) is 23.9 Å². The summed E-state index contributed by atoms with van der Waals surface area (Å²) in [6.45, 7) is 15.2. The Morgan fingerprint density at radius 3 is 2.46 bits per heavy atom. The zero-order valence-electron chi connectivity index (χ0n) is 33.7. The fourth-order valence-electron chi connectivity index (χ4n) is 7.87. The van der Waals surface area contributed by atoms with Gasteiger partial charge >= 0.3 is 11.9 Å². The molecule has 3 aliphatic heterocycles. The van der Waals surface area contributed by atoms with E-state index in [0.717, 1.165) is 25.1 Å². The smallest absolute Gasteiger partial charge is 0.309 e. The molecule has 3 aliphatic rings. The second kappa shape index (κ2) is 19.7. The highest BCUT2D eigenvalue weighted by atomic mass is 16.6. The summed E-state index contributed by atoms with van der Waals surface area (Å²) in [6.07, 6.45) is 10.3. The number of allylic oxidation sites excluding steroid dienone is 2. The van der Waals surface area contributed by atoms with Crippen LogP contribution in [0.15, 0.2) is 60.2 Å². The number of ether oxygens (including phenoxy) is 4. The van der Waals surface area contributed by atoms with E-state index in [2.05, 4.69) is 48.3 Å². The van der Waals surface area contributed by atoms with Crippen molar-refractivity contribution in [1.29, 1.82) is 0 Å². The molecular formula is C43H66N2O9. The van der Waals surface area contributed by atoms with E-state index in [4.69, 9.17) is 18.9 Å². The molecule has 3 heterocycles. The number of nitrogens with zero attached hydrogens (tertiary/aromatic N) is 1. The average Bonchev–Trinajstić information content (AvgIpc) is 3.92. The average molecular weight is 755 g/mol. The number of carbonyl (C=O) groups excluding carboxylic acids is 2. The lowest BCUT2D eigenvalue weighted by Crippen LogP contribution is -2.52. The van der Waals surface area contributed by atoms with Crippen LogP contribution in [0.25, 0.3) is 0 Å². The third-order valence-corrected chi connectivity index (χ3v) is 11.4. The van der Waals surface area contributed by atoms with E-state index in [1.165, 1.54) is 31.9 Å². The summed E-state index contributed by atoms with van der Waals surface area (Å²) >= 11 is 0. The summed E-state index contributed by atoms with van der Waals surface area (Å²) in [6, 6.07) is 8.20. The number of cyclic esters (lactones) is 1. The van der Waals surface area contributed by atoms with Crippen LogP contribution >= 0.6 is 0 Å². The normalized spacial score (nSPS) is 32.0. The Hall–Kier alpha value is -3.06. The summed E-state index contributed by atoms with van der Waals surface area (Å²) in [4.78, 5) is 27.3. The summed E-state index contributed by atoms with van der Waals surface area (Å²) < 4.78 is 23.4. The number of esters is 2. The minimum atomic E-state index is -1.45. The monoisotopic (exact) mass is 754 g/mol. The molecule has 0 aromatic heterocycles. The highest BCUT2D eigenvalue weighted by molar-refractivity contribution is 5.70. The first-order chi connectivity index (χ1) is 25.6. The number of nitrogens with one attached hydrogen (secondary N) is 1. The number of hydrogen-bond donors (Lipinski definition) is 4. The van der Waals surface area contributed by atoms with Gasteiger partial charge in [-0.2, -0.15) is 0 Å². The first-order valence-electron chi connectivity index (χ1n) is 19.9. The van der Waals surface area contributed by atoms with Crippen molar-refractivity contribution in [3.05, 3.63) is 65.8 Å². The molecule has 1 aromatic rings. The van der Waals surface area contributed by atoms with Gasteiger partial charge < -0.3 is 44.5 Å². The van der Waals surface area contributed by atoms with Gasteiger partial charge in [-0.15, -0.1) is 0 Å². The van der Waals surface area contributed by atoms with Crippen LogP contribution in [0.5, 0.6) is 0 Å². The number of benzene rings is 1. The molecule has 4 N–H and O–H groups in total. The van der Waals surface area contributed by atoms with Gasteiger partial charge in [-0.25, -0.2) is 0 Å². The number of aliphatic hydroxyl groups excluding tert-OH is 1. The van der Waals surface area contributed by atoms with Gasteiger partial charge in [0.25, 0.3) is 0 Å². The van der Waals surface area contributed by atoms with E-state index in [9.17, 15) is 24.9 Å². The fourth-order valence-corrected chi connectivity index (χ4v) is 7.87. The van der Waals surface area contributed by atoms with Crippen molar-refractivity contribution in [1.82, 2.24) is 5.32 Å². The lowest BCUT2D eigenvalue weighted by atomic mass is 9.87. The molecule has 2 unspecified atom stereocenters. The molecule has 11 atom stereocenters. The van der Waals surface area contributed by atoms with Crippen LogP contribution in [-0.2, 0) is 35.1 Å². The molecule has 54 heavy (non-hydrogen) atoms. The Bertz CT molecular complexity index is 1440. The van der Waals surface area contributed by atoms with Gasteiger partial charge in [0.05, 0.1) is 36.4 Å². The van der Waals surface area contributed by atoms with E-state index < -0.39 is 47.5 Å². The quantitative estimate of drug-likeness (QED) is 0.0820. The van der Waals surface area contributed by atoms with Crippen LogP contribution in [0.1, 0.15) is 99.0 Å². The van der Waals surface area contributed by atoms with Gasteiger partial charge in [-0.1, -0.05) is 57.2 Å². The van der Waals surface area contributed by atoms with E-state index in [1.807, 2.05) is 13.8 Å². The zero-order chi connectivity index (χ0) is 39.6. The second-order valence-corrected chi connectivity index (χ2v) is 16.1. The van der Waals surface area contributed by atoms with Crippen molar-refractivity contribution in [2.75, 3.05) is 25.1 Å². The summed E-state index contributed by atoms with van der Waals surface area (Å²) in [5.74, 6) is -1.35. The first kappa shape index (κ1) is 43.7. The Morgan fingerprint density at radius 2 is 1.83 bits per heavy atom. The number of aliphatic hydroxyl groups is 3. The topological polar surface area (TPSA) is 150 Å². The maximum absolute atomic E-state index is 13.0. The van der Waals surface area contributed by atoms with Gasteiger partial charge in [0.15, 0.2) is 0 Å². The maximum atomic E-state index is 13.0. The van der Waals surface area contributed by atoms with Gasteiger partial charge in [-0.05, 0) is 88.6 Å². The molecule has 4 rings (SSSR count). The Labute approximate surface area is 322 Å². The Kier molecular flexibility index (Phi) is 15.9. The zero-order valence-corrected chi connectivity index (χ0v) is 33.7. The van der Waals surface area contributed by atoms with Gasteiger partial charge in [0.2, 0.25) is 0 Å². The van der Waals surface area contributed by atoms with Crippen molar-refractivity contribution in [3.63, 3.8) is 0 Å². The van der Waals surface area contributed by atoms with Crippen LogP contribution in [0, 0.1) is 11.8 Å². The molecule has 302 valence electrons. The molecular weight excluding hydrogens is 688 g/mol.